The quantitative estimate of drug-likeness (QED) is 0.476. The van der Waals surface area contributed by atoms with Crippen LogP contribution >= 0.6 is 0 Å². The number of nitro benzene ring substituents is 1. The van der Waals surface area contributed by atoms with Crippen LogP contribution in [0.5, 0.6) is 0 Å². The number of non-ortho nitro benzene ring substituents is 1. The topological polar surface area (TPSA) is 115 Å². The van der Waals surface area contributed by atoms with E-state index < -0.39 is 14.9 Å². The Labute approximate surface area is 105 Å². The van der Waals surface area contributed by atoms with Gasteiger partial charge in [0.05, 0.1) is 10.6 Å². The molecule has 0 saturated carbocycles. The van der Waals surface area contributed by atoms with E-state index in [0.29, 0.717) is 6.42 Å². The number of nitro groups is 1. The summed E-state index contributed by atoms with van der Waals surface area (Å²) < 4.78 is 26.3. The van der Waals surface area contributed by atoms with Crippen LogP contribution in [0, 0.1) is 10.1 Å². The maximum Gasteiger partial charge on any atom is 0.271 e. The van der Waals surface area contributed by atoms with E-state index in [4.69, 9.17) is 5.73 Å². The number of rotatable bonds is 5. The normalized spacial score (nSPS) is 13.2. The molecule has 0 spiro atoms. The summed E-state index contributed by atoms with van der Waals surface area (Å²) in [4.78, 5) is 9.75. The maximum absolute atomic E-state index is 11.9. The van der Waals surface area contributed by atoms with Gasteiger partial charge >= 0.3 is 0 Å². The second-order valence-electron chi connectivity index (χ2n) is 3.91. The van der Waals surface area contributed by atoms with Crippen molar-refractivity contribution in [3.05, 3.63) is 28.3 Å². The fourth-order valence-electron chi connectivity index (χ4n) is 1.31. The first kappa shape index (κ1) is 14.4. The molecule has 0 heterocycles. The lowest BCUT2D eigenvalue weighted by atomic mass is 10.3. The monoisotopic (exact) mass is 273 g/mol. The summed E-state index contributed by atoms with van der Waals surface area (Å²) in [6, 6.07) is 3.05. The van der Waals surface area contributed by atoms with Crippen LogP contribution in [0.2, 0.25) is 0 Å². The number of nitrogen functional groups attached to an aromatic ring is 1. The number of hydrogen-bond acceptors (Lipinski definition) is 5. The fraction of sp³-hybridized carbons (Fsp3) is 0.400. The van der Waals surface area contributed by atoms with Crippen LogP contribution in [-0.2, 0) is 10.0 Å². The predicted molar refractivity (Wildman–Crippen MR) is 67.6 cm³/mol. The Balaban J connectivity index is 3.14. The van der Waals surface area contributed by atoms with Crippen molar-refractivity contribution in [3.63, 3.8) is 0 Å². The average molecular weight is 273 g/mol. The minimum absolute atomic E-state index is 0.139. The third-order valence-corrected chi connectivity index (χ3v) is 4.13. The zero-order valence-electron chi connectivity index (χ0n) is 10.1. The van der Waals surface area contributed by atoms with Crippen LogP contribution in [0.1, 0.15) is 20.3 Å². The van der Waals surface area contributed by atoms with E-state index in [9.17, 15) is 18.5 Å². The number of sulfonamides is 1. The Hall–Kier alpha value is -1.67. The van der Waals surface area contributed by atoms with Gasteiger partial charge in [0.2, 0.25) is 10.0 Å². The van der Waals surface area contributed by atoms with Gasteiger partial charge in [0.25, 0.3) is 5.69 Å². The molecule has 0 amide bonds. The summed E-state index contributed by atoms with van der Waals surface area (Å²) in [6.07, 6.45) is 0.631. The molecule has 0 aromatic heterocycles. The van der Waals surface area contributed by atoms with E-state index in [-0.39, 0.29) is 22.3 Å². The first-order valence-electron chi connectivity index (χ1n) is 5.34. The zero-order valence-corrected chi connectivity index (χ0v) is 10.9. The number of hydrogen-bond donors (Lipinski definition) is 2. The molecule has 1 aromatic rings. The molecule has 8 heteroatoms. The molecule has 7 nitrogen and oxygen atoms in total. The van der Waals surface area contributed by atoms with E-state index in [1.54, 1.807) is 6.92 Å². The molecule has 0 aliphatic carbocycles. The lowest BCUT2D eigenvalue weighted by molar-refractivity contribution is -0.384. The van der Waals surface area contributed by atoms with Crippen LogP contribution in [0.25, 0.3) is 0 Å². The first-order valence-corrected chi connectivity index (χ1v) is 6.82. The van der Waals surface area contributed by atoms with Gasteiger partial charge in [0.1, 0.15) is 4.90 Å². The van der Waals surface area contributed by atoms with Crippen LogP contribution in [-0.4, -0.2) is 19.4 Å². The van der Waals surface area contributed by atoms with Crippen LogP contribution in [0.4, 0.5) is 11.4 Å². The van der Waals surface area contributed by atoms with E-state index in [1.807, 2.05) is 6.92 Å². The third-order valence-electron chi connectivity index (χ3n) is 2.46. The van der Waals surface area contributed by atoms with Crippen molar-refractivity contribution in [2.75, 3.05) is 5.73 Å². The Morgan fingerprint density at radius 2 is 2.11 bits per heavy atom. The molecule has 0 aliphatic heterocycles. The van der Waals surface area contributed by atoms with Gasteiger partial charge in [-0.25, -0.2) is 13.1 Å². The molecule has 100 valence electrons. The second-order valence-corrected chi connectivity index (χ2v) is 5.59. The molecule has 0 radical (unpaired) electrons. The van der Waals surface area contributed by atoms with Crippen LogP contribution in [0.15, 0.2) is 23.1 Å². The van der Waals surface area contributed by atoms with Gasteiger partial charge in [-0.15, -0.1) is 0 Å². The molecule has 1 atom stereocenters. The SMILES string of the molecule is CCC(C)NS(=O)(=O)c1ccc([N+](=O)[O-])cc1N. The molecule has 3 N–H and O–H groups in total. The van der Waals surface area contributed by atoms with Crippen molar-refractivity contribution in [2.24, 2.45) is 0 Å². The number of anilines is 1. The van der Waals surface area contributed by atoms with Gasteiger partial charge in [-0.2, -0.15) is 0 Å². The van der Waals surface area contributed by atoms with Crippen molar-refractivity contribution in [2.45, 2.75) is 31.2 Å². The minimum atomic E-state index is -3.74. The molecule has 0 bridgehead atoms. The largest absolute Gasteiger partial charge is 0.397 e. The molecule has 1 unspecified atom stereocenters. The number of nitrogens with two attached hydrogens (primary N) is 1. The minimum Gasteiger partial charge on any atom is -0.397 e. The maximum atomic E-state index is 11.9. The number of nitrogens with one attached hydrogen (secondary N) is 1. The van der Waals surface area contributed by atoms with Crippen LogP contribution < -0.4 is 10.5 Å². The Morgan fingerprint density at radius 3 is 2.56 bits per heavy atom. The van der Waals surface area contributed by atoms with E-state index in [0.717, 1.165) is 18.2 Å². The Kier molecular flexibility index (Phi) is 4.25. The summed E-state index contributed by atoms with van der Waals surface area (Å²) in [6.45, 7) is 3.56. The van der Waals surface area contributed by atoms with Gasteiger partial charge < -0.3 is 5.73 Å². The number of nitrogens with zero attached hydrogens (tertiary/aromatic N) is 1. The highest BCUT2D eigenvalue weighted by Gasteiger charge is 2.21. The van der Waals surface area contributed by atoms with Gasteiger partial charge in [-0.1, -0.05) is 6.92 Å². The van der Waals surface area contributed by atoms with Gasteiger partial charge in [-0.3, -0.25) is 10.1 Å². The predicted octanol–water partition coefficient (Wildman–Crippen LogP) is 1.25. The lowest BCUT2D eigenvalue weighted by Crippen LogP contribution is -2.32. The number of benzene rings is 1. The van der Waals surface area contributed by atoms with Crippen molar-refractivity contribution in [3.8, 4) is 0 Å². The Bertz CT molecular complexity index is 556. The van der Waals surface area contributed by atoms with Gasteiger partial charge in [0.15, 0.2) is 0 Å². The van der Waals surface area contributed by atoms with E-state index in [1.165, 1.54) is 0 Å². The van der Waals surface area contributed by atoms with Crippen molar-refractivity contribution in [1.29, 1.82) is 0 Å². The second kappa shape index (κ2) is 5.32. The fourth-order valence-corrected chi connectivity index (χ4v) is 2.75. The molecule has 1 rings (SSSR count). The molecule has 0 saturated heterocycles. The molecular formula is C10H15N3O4S. The van der Waals surface area contributed by atoms with Crippen molar-refractivity contribution in [1.82, 2.24) is 4.72 Å². The molecular weight excluding hydrogens is 258 g/mol. The highest BCUT2D eigenvalue weighted by atomic mass is 32.2. The third kappa shape index (κ3) is 3.17. The highest BCUT2D eigenvalue weighted by Crippen LogP contribution is 2.23. The Morgan fingerprint density at radius 1 is 1.50 bits per heavy atom. The summed E-state index contributed by atoms with van der Waals surface area (Å²) in [5.41, 5.74) is 5.16. The molecule has 1 aromatic carbocycles. The summed E-state index contributed by atoms with van der Waals surface area (Å²) >= 11 is 0. The molecule has 18 heavy (non-hydrogen) atoms. The van der Waals surface area contributed by atoms with Gasteiger partial charge in [0, 0.05) is 18.2 Å². The van der Waals surface area contributed by atoms with E-state index in [2.05, 4.69) is 4.72 Å². The first-order chi connectivity index (χ1) is 8.27. The zero-order chi connectivity index (χ0) is 13.9. The highest BCUT2D eigenvalue weighted by molar-refractivity contribution is 7.89. The van der Waals surface area contributed by atoms with Crippen molar-refractivity contribution >= 4 is 21.4 Å². The van der Waals surface area contributed by atoms with Gasteiger partial charge in [-0.05, 0) is 19.4 Å². The van der Waals surface area contributed by atoms with Crippen molar-refractivity contribution < 1.29 is 13.3 Å². The van der Waals surface area contributed by atoms with Crippen LogP contribution in [0.3, 0.4) is 0 Å². The summed E-state index contributed by atoms with van der Waals surface area (Å²) in [5.74, 6) is 0. The average Bonchev–Trinajstić information content (AvgIpc) is 2.27. The lowest BCUT2D eigenvalue weighted by Gasteiger charge is -2.13. The summed E-state index contributed by atoms with van der Waals surface area (Å²) in [7, 11) is -3.74. The molecule has 0 fully saturated rings. The standard InChI is InChI=1S/C10H15N3O4S/c1-3-7(2)12-18(16,17)10-5-4-8(13(14)15)6-9(10)11/h4-7,12H,3,11H2,1-2H3. The smallest absolute Gasteiger partial charge is 0.271 e. The summed E-state index contributed by atoms with van der Waals surface area (Å²) in [5, 5.41) is 10.5. The molecule has 0 aliphatic rings. The van der Waals surface area contributed by atoms with E-state index >= 15 is 0 Å².